The minimum absolute atomic E-state index is 0.0211. The highest BCUT2D eigenvalue weighted by Crippen LogP contribution is 2.60. The van der Waals surface area contributed by atoms with Crippen LogP contribution in [0.4, 0.5) is 96.1 Å². The molecule has 0 amide bonds. The Morgan fingerprint density at radius 1 is 0.377 bits per heavy atom. The normalized spacial score (nSPS) is 15.8. The van der Waals surface area contributed by atoms with E-state index in [0.29, 0.717) is 16.3 Å². The van der Waals surface area contributed by atoms with Crippen molar-refractivity contribution in [3.8, 4) is 39.1 Å². The fourth-order valence-electron chi connectivity index (χ4n) is 9.04. The molecule has 7 aromatic carbocycles. The number of hydrogen-bond donors (Lipinski definition) is 0. The van der Waals surface area contributed by atoms with Crippen molar-refractivity contribution in [2.24, 2.45) is 0 Å². The summed E-state index contributed by atoms with van der Waals surface area (Å²) in [5, 5.41) is 16.7. The molecule has 0 fully saturated rings. The van der Waals surface area contributed by atoms with Gasteiger partial charge in [-0.2, -0.15) is 79.0 Å². The Balaban J connectivity index is 1.29. The van der Waals surface area contributed by atoms with Gasteiger partial charge in [-0.15, -0.1) is 0 Å². The van der Waals surface area contributed by atoms with Crippen molar-refractivity contribution in [3.05, 3.63) is 172 Å². The molecule has 1 aromatic heterocycles. The highest BCUT2D eigenvalue weighted by molar-refractivity contribution is 6.19. The highest BCUT2D eigenvalue weighted by Gasteiger charge is 2.52. The number of fused-ring (bicyclic) bond motifs is 7. The van der Waals surface area contributed by atoms with Crippen LogP contribution in [0.25, 0.3) is 60.9 Å². The van der Waals surface area contributed by atoms with Gasteiger partial charge in [0.15, 0.2) is 11.4 Å². The zero-order valence-corrected chi connectivity index (χ0v) is 33.8. The molecule has 69 heavy (non-hydrogen) atoms. The number of aromatic nitrogens is 1. The van der Waals surface area contributed by atoms with Gasteiger partial charge in [0.05, 0.1) is 55.5 Å². The second-order valence-electron chi connectivity index (χ2n) is 15.8. The molecular formula is C48H22F18N2O. The summed E-state index contributed by atoms with van der Waals surface area (Å²) in [6, 6.07) is 23.7. The number of quaternary nitrogens is 1. The van der Waals surface area contributed by atoms with Gasteiger partial charge >= 0.3 is 37.1 Å². The van der Waals surface area contributed by atoms with Crippen molar-refractivity contribution in [1.29, 1.82) is 0 Å². The number of alkyl halides is 18. The van der Waals surface area contributed by atoms with Gasteiger partial charge in [0.25, 0.3) is 0 Å². The zero-order valence-electron chi connectivity index (χ0n) is 33.8. The maximum absolute atomic E-state index is 15.8. The average molecular weight is 985 g/mol. The molecule has 3 nitrogen and oxygen atoms in total. The molecule has 2 heterocycles. The second kappa shape index (κ2) is 15.2. The van der Waals surface area contributed by atoms with Crippen molar-refractivity contribution in [3.63, 3.8) is 0 Å². The van der Waals surface area contributed by atoms with Crippen molar-refractivity contribution in [2.45, 2.75) is 37.1 Å². The molecule has 0 bridgehead atoms. The third-order valence-corrected chi connectivity index (χ3v) is 11.7. The van der Waals surface area contributed by atoms with Crippen LogP contribution in [0.3, 0.4) is 0 Å². The predicted octanol–water partition coefficient (Wildman–Crippen LogP) is 17.7. The summed E-state index contributed by atoms with van der Waals surface area (Å²) in [5.41, 5.74) is -18.8. The molecule has 0 aliphatic carbocycles. The number of nitrogens with zero attached hydrogens (tertiary/aromatic N) is 2. The van der Waals surface area contributed by atoms with E-state index in [2.05, 4.69) is 0 Å². The average Bonchev–Trinajstić information content (AvgIpc) is 3.74. The molecule has 1 aliphatic heterocycles. The molecule has 356 valence electrons. The largest absolute Gasteiger partial charge is 0.616 e. The minimum Gasteiger partial charge on any atom is -0.616 e. The monoisotopic (exact) mass is 984 g/mol. The Labute approximate surface area is 374 Å². The fraction of sp³-hybridized carbons (Fsp3) is 0.125. The van der Waals surface area contributed by atoms with E-state index in [1.165, 1.54) is 59.2 Å². The lowest BCUT2D eigenvalue weighted by molar-refractivity contribution is -0.174. The predicted molar refractivity (Wildman–Crippen MR) is 218 cm³/mol. The van der Waals surface area contributed by atoms with E-state index in [4.69, 9.17) is 0 Å². The lowest BCUT2D eigenvalue weighted by Crippen LogP contribution is -2.29. The van der Waals surface area contributed by atoms with Crippen molar-refractivity contribution in [1.82, 2.24) is 9.21 Å². The standard InChI is InChI=1S/C48H22F18N2O/c49-43(50,51)32-19-25(20-33(44(52,53)54)40(32)47(61,62)63)23-7-5-9-27(17-23)67-36-13-3-1-11-29(36)30-15-16-38-39(42(30)67)31-12-2-4-14-37(31)68(38,69)28-10-6-8-24(18-28)26-21-34(45(55,56)57)41(48(64,65)66)35(22-26)46(58,59)60/h1-22H. The summed E-state index contributed by atoms with van der Waals surface area (Å²) in [5.74, 6) is 0. The first-order chi connectivity index (χ1) is 31.9. The summed E-state index contributed by atoms with van der Waals surface area (Å²) >= 11 is 0. The molecule has 0 N–H and O–H groups in total. The lowest BCUT2D eigenvalue weighted by Gasteiger charge is -2.38. The number of para-hydroxylation sites is 2. The Hall–Kier alpha value is -7.00. The van der Waals surface area contributed by atoms with E-state index in [1.54, 1.807) is 24.3 Å². The van der Waals surface area contributed by atoms with Gasteiger partial charge in [0.1, 0.15) is 5.69 Å². The Morgan fingerprint density at radius 2 is 0.841 bits per heavy atom. The third-order valence-electron chi connectivity index (χ3n) is 11.7. The topological polar surface area (TPSA) is 28.0 Å². The molecule has 9 rings (SSSR count). The third kappa shape index (κ3) is 7.71. The zero-order chi connectivity index (χ0) is 50.2. The van der Waals surface area contributed by atoms with Crippen molar-refractivity contribution < 1.29 is 79.0 Å². The van der Waals surface area contributed by atoms with Gasteiger partial charge in [0, 0.05) is 40.7 Å². The highest BCUT2D eigenvalue weighted by atomic mass is 19.4. The Kier molecular flexibility index (Phi) is 10.4. The summed E-state index contributed by atoms with van der Waals surface area (Å²) in [6.45, 7) is 0. The molecule has 1 atom stereocenters. The number of benzene rings is 7. The van der Waals surface area contributed by atoms with Crippen LogP contribution >= 0.6 is 0 Å². The van der Waals surface area contributed by atoms with Gasteiger partial charge in [-0.05, 0) is 76.9 Å². The minimum atomic E-state index is -6.10. The van der Waals surface area contributed by atoms with E-state index < -0.39 is 97.3 Å². The van der Waals surface area contributed by atoms with Gasteiger partial charge < -0.3 is 9.77 Å². The van der Waals surface area contributed by atoms with Crippen LogP contribution in [0.5, 0.6) is 0 Å². The van der Waals surface area contributed by atoms with E-state index >= 15 is 5.21 Å². The summed E-state index contributed by atoms with van der Waals surface area (Å²) in [6.07, 6.45) is -35.9. The smallest absolute Gasteiger partial charge is 0.417 e. The van der Waals surface area contributed by atoms with E-state index in [9.17, 15) is 79.0 Å². The first-order valence-electron chi connectivity index (χ1n) is 19.7. The SMILES string of the molecule is [O-][N+]1(c2cccc(-c3cc(C(F)(F)F)c(C(F)(F)F)c(C(F)(F)F)c3)c2)c2ccccc2-c2c1ccc1c3ccccc3n(-c3cccc(-c4cc(C(F)(F)F)c(C(F)(F)F)c(C(F)(F)F)c4)c3)c21. The van der Waals surface area contributed by atoms with Gasteiger partial charge in [0.2, 0.25) is 0 Å². The molecule has 0 saturated carbocycles. The van der Waals surface area contributed by atoms with E-state index in [-0.39, 0.29) is 63.7 Å². The summed E-state index contributed by atoms with van der Waals surface area (Å²) in [7, 11) is 0. The molecule has 21 heteroatoms. The molecule has 8 aromatic rings. The van der Waals surface area contributed by atoms with Crippen LogP contribution < -0.4 is 4.65 Å². The van der Waals surface area contributed by atoms with Crippen LogP contribution in [0.15, 0.2) is 133 Å². The van der Waals surface area contributed by atoms with Crippen LogP contribution in [0.2, 0.25) is 0 Å². The molecule has 0 saturated heterocycles. The van der Waals surface area contributed by atoms with Gasteiger partial charge in [-0.25, -0.2) is 0 Å². The quantitative estimate of drug-likeness (QED) is 0.0981. The van der Waals surface area contributed by atoms with Crippen LogP contribution in [-0.4, -0.2) is 4.57 Å². The fourth-order valence-corrected chi connectivity index (χ4v) is 9.04. The maximum atomic E-state index is 15.8. The first-order valence-corrected chi connectivity index (χ1v) is 19.7. The summed E-state index contributed by atoms with van der Waals surface area (Å²) in [4.78, 5) is 0. The van der Waals surface area contributed by atoms with E-state index in [1.807, 2.05) is 0 Å². The van der Waals surface area contributed by atoms with Crippen LogP contribution in [0.1, 0.15) is 33.4 Å². The molecule has 0 radical (unpaired) electrons. The molecule has 1 unspecified atom stereocenters. The Bertz CT molecular complexity index is 3320. The maximum Gasteiger partial charge on any atom is 0.417 e. The molecule has 1 aliphatic rings. The summed E-state index contributed by atoms with van der Waals surface area (Å²) < 4.78 is 254. The number of rotatable bonds is 4. The number of halogens is 18. The molecular weight excluding hydrogens is 963 g/mol. The van der Waals surface area contributed by atoms with Gasteiger partial charge in [-0.1, -0.05) is 54.6 Å². The lowest BCUT2D eigenvalue weighted by atomic mass is 9.92. The second-order valence-corrected chi connectivity index (χ2v) is 15.8. The van der Waals surface area contributed by atoms with Gasteiger partial charge in [-0.3, -0.25) is 4.65 Å². The van der Waals surface area contributed by atoms with E-state index in [0.717, 1.165) is 30.3 Å². The van der Waals surface area contributed by atoms with Crippen molar-refractivity contribution >= 4 is 38.9 Å². The van der Waals surface area contributed by atoms with Crippen molar-refractivity contribution in [2.75, 3.05) is 0 Å². The Morgan fingerprint density at radius 3 is 1.35 bits per heavy atom. The number of hydrogen-bond acceptors (Lipinski definition) is 1. The first kappa shape index (κ1) is 47.1. The molecule has 0 spiro atoms. The van der Waals surface area contributed by atoms with Crippen LogP contribution in [-0.2, 0) is 37.1 Å². The van der Waals surface area contributed by atoms with Crippen LogP contribution in [0, 0.1) is 5.21 Å².